The maximum Gasteiger partial charge on any atom is 0.237 e. The van der Waals surface area contributed by atoms with Crippen molar-refractivity contribution in [2.75, 3.05) is 7.11 Å². The first-order valence-electron chi connectivity index (χ1n) is 7.76. The average molecular weight is 369 g/mol. The van der Waals surface area contributed by atoms with E-state index >= 15 is 0 Å². The third-order valence-electron chi connectivity index (χ3n) is 3.54. The molecule has 4 nitrogen and oxygen atoms in total. The van der Waals surface area contributed by atoms with Crippen LogP contribution in [0.25, 0.3) is 10.4 Å². The van der Waals surface area contributed by atoms with Gasteiger partial charge in [-0.05, 0) is 54.3 Å². The van der Waals surface area contributed by atoms with Gasteiger partial charge >= 0.3 is 0 Å². The second-order valence-electron chi connectivity index (χ2n) is 5.95. The summed E-state index contributed by atoms with van der Waals surface area (Å²) in [6.07, 6.45) is 0.702. The second-order valence-corrected chi connectivity index (χ2v) is 7.12. The minimum absolute atomic E-state index is 0. The van der Waals surface area contributed by atoms with E-state index < -0.39 is 6.04 Å². The van der Waals surface area contributed by atoms with Crippen LogP contribution in [0.1, 0.15) is 25.1 Å². The monoisotopic (exact) mass is 368 g/mol. The molecule has 0 unspecified atom stereocenters. The van der Waals surface area contributed by atoms with Crippen LogP contribution < -0.4 is 15.8 Å². The molecule has 6 heteroatoms. The Bertz CT molecular complexity index is 641. The molecule has 0 spiro atoms. The quantitative estimate of drug-likeness (QED) is 0.780. The van der Waals surface area contributed by atoms with Gasteiger partial charge in [0.15, 0.2) is 0 Å². The molecular weight excluding hydrogens is 344 g/mol. The number of rotatable bonds is 7. The Hall–Kier alpha value is -1.56. The number of thiophene rings is 1. The SMILES string of the molecule is COc1ccc(-c2ccc(CNC(=O)[C@@H](N)CC(C)C)s2)cc1.Cl. The van der Waals surface area contributed by atoms with E-state index in [1.54, 1.807) is 18.4 Å². The lowest BCUT2D eigenvalue weighted by molar-refractivity contribution is -0.122. The Morgan fingerprint density at radius 3 is 2.46 bits per heavy atom. The summed E-state index contributed by atoms with van der Waals surface area (Å²) in [5, 5.41) is 2.91. The van der Waals surface area contributed by atoms with Crippen LogP contribution >= 0.6 is 23.7 Å². The van der Waals surface area contributed by atoms with Crippen LogP contribution in [0.15, 0.2) is 36.4 Å². The van der Waals surface area contributed by atoms with E-state index in [1.165, 1.54) is 4.88 Å². The summed E-state index contributed by atoms with van der Waals surface area (Å²) in [5.74, 6) is 1.18. The highest BCUT2D eigenvalue weighted by Gasteiger charge is 2.14. The second kappa shape index (κ2) is 9.67. The first-order chi connectivity index (χ1) is 11.0. The van der Waals surface area contributed by atoms with Crippen LogP contribution in [0.5, 0.6) is 5.75 Å². The van der Waals surface area contributed by atoms with Crippen molar-refractivity contribution in [3.05, 3.63) is 41.3 Å². The van der Waals surface area contributed by atoms with Crippen molar-refractivity contribution in [1.29, 1.82) is 0 Å². The number of hydrogen-bond acceptors (Lipinski definition) is 4. The molecule has 1 aromatic heterocycles. The molecule has 0 aliphatic carbocycles. The lowest BCUT2D eigenvalue weighted by Crippen LogP contribution is -2.40. The molecule has 2 aromatic rings. The Morgan fingerprint density at radius 1 is 1.21 bits per heavy atom. The molecule has 0 aliphatic heterocycles. The standard InChI is InChI=1S/C18H24N2O2S.ClH/c1-12(2)10-16(19)18(21)20-11-15-8-9-17(23-15)13-4-6-14(22-3)7-5-13;/h4-9,12,16H,10-11,19H2,1-3H3,(H,20,21);1H/t16-;/m0./s1. The number of benzene rings is 1. The van der Waals surface area contributed by atoms with Crippen LogP contribution in [0.2, 0.25) is 0 Å². The van der Waals surface area contributed by atoms with E-state index in [-0.39, 0.29) is 18.3 Å². The predicted octanol–water partition coefficient (Wildman–Crippen LogP) is 3.84. The molecule has 1 aromatic carbocycles. The van der Waals surface area contributed by atoms with E-state index in [0.717, 1.165) is 16.2 Å². The van der Waals surface area contributed by atoms with Gasteiger partial charge < -0.3 is 15.8 Å². The van der Waals surface area contributed by atoms with Gasteiger partial charge in [0, 0.05) is 9.75 Å². The summed E-state index contributed by atoms with van der Waals surface area (Å²) in [6, 6.07) is 11.6. The van der Waals surface area contributed by atoms with Crippen LogP contribution in [-0.2, 0) is 11.3 Å². The van der Waals surface area contributed by atoms with Gasteiger partial charge in [0.25, 0.3) is 0 Å². The molecule has 2 rings (SSSR count). The fourth-order valence-corrected chi connectivity index (χ4v) is 3.26. The number of nitrogens with two attached hydrogens (primary N) is 1. The van der Waals surface area contributed by atoms with Gasteiger partial charge in [-0.3, -0.25) is 4.79 Å². The minimum atomic E-state index is -0.434. The summed E-state index contributed by atoms with van der Waals surface area (Å²) in [6.45, 7) is 4.65. The van der Waals surface area contributed by atoms with Crippen molar-refractivity contribution >= 4 is 29.7 Å². The highest BCUT2D eigenvalue weighted by atomic mass is 35.5. The molecule has 0 saturated heterocycles. The van der Waals surface area contributed by atoms with Gasteiger partial charge in [0.2, 0.25) is 5.91 Å². The van der Waals surface area contributed by atoms with Crippen molar-refractivity contribution in [2.24, 2.45) is 11.7 Å². The Labute approximate surface area is 153 Å². The van der Waals surface area contributed by atoms with E-state index in [4.69, 9.17) is 10.5 Å². The smallest absolute Gasteiger partial charge is 0.237 e. The third-order valence-corrected chi connectivity index (χ3v) is 4.67. The van der Waals surface area contributed by atoms with E-state index in [1.807, 2.05) is 30.3 Å². The van der Waals surface area contributed by atoms with Crippen molar-refractivity contribution in [3.63, 3.8) is 0 Å². The van der Waals surface area contributed by atoms with E-state index in [9.17, 15) is 4.79 Å². The molecule has 0 saturated carbocycles. The summed E-state index contributed by atoms with van der Waals surface area (Å²) in [4.78, 5) is 14.2. The Kier molecular flexibility index (Phi) is 8.25. The lowest BCUT2D eigenvalue weighted by atomic mass is 10.0. The molecular formula is C18H25ClN2O2S. The highest BCUT2D eigenvalue weighted by molar-refractivity contribution is 7.15. The normalized spacial score (nSPS) is 11.7. The number of carbonyl (C=O) groups excluding carboxylic acids is 1. The summed E-state index contributed by atoms with van der Waals surface area (Å²) in [5.41, 5.74) is 7.03. The number of carbonyl (C=O) groups is 1. The maximum absolute atomic E-state index is 12.0. The molecule has 24 heavy (non-hydrogen) atoms. The topological polar surface area (TPSA) is 64.3 Å². The fourth-order valence-electron chi connectivity index (χ4n) is 2.30. The van der Waals surface area contributed by atoms with Gasteiger partial charge in [0.05, 0.1) is 19.7 Å². The van der Waals surface area contributed by atoms with Gasteiger partial charge in [-0.25, -0.2) is 0 Å². The van der Waals surface area contributed by atoms with Crippen LogP contribution in [0.4, 0.5) is 0 Å². The average Bonchev–Trinajstić information content (AvgIpc) is 3.01. The molecule has 0 aliphatic rings. The molecule has 1 amide bonds. The number of ether oxygens (including phenoxy) is 1. The van der Waals surface area contributed by atoms with Gasteiger partial charge in [-0.2, -0.15) is 0 Å². The zero-order chi connectivity index (χ0) is 16.8. The largest absolute Gasteiger partial charge is 0.497 e. The minimum Gasteiger partial charge on any atom is -0.497 e. The number of hydrogen-bond donors (Lipinski definition) is 2. The predicted molar refractivity (Wildman–Crippen MR) is 103 cm³/mol. The molecule has 0 radical (unpaired) electrons. The molecule has 1 atom stereocenters. The van der Waals surface area contributed by atoms with Gasteiger partial charge in [0.1, 0.15) is 5.75 Å². The van der Waals surface area contributed by atoms with Gasteiger partial charge in [-0.1, -0.05) is 13.8 Å². The van der Waals surface area contributed by atoms with Crippen LogP contribution in [0.3, 0.4) is 0 Å². The number of methoxy groups -OCH3 is 1. The van der Waals surface area contributed by atoms with Crippen LogP contribution in [0, 0.1) is 5.92 Å². The van der Waals surface area contributed by atoms with Crippen molar-refractivity contribution < 1.29 is 9.53 Å². The first kappa shape index (κ1) is 20.5. The Morgan fingerprint density at radius 2 is 1.88 bits per heavy atom. The first-order valence-corrected chi connectivity index (χ1v) is 8.57. The third kappa shape index (κ3) is 5.82. The molecule has 1 heterocycles. The van der Waals surface area contributed by atoms with E-state index in [2.05, 4.69) is 25.2 Å². The summed E-state index contributed by atoms with van der Waals surface area (Å²) < 4.78 is 5.17. The number of nitrogens with one attached hydrogen (secondary N) is 1. The van der Waals surface area contributed by atoms with Gasteiger partial charge in [-0.15, -0.1) is 23.7 Å². The van der Waals surface area contributed by atoms with Crippen molar-refractivity contribution in [1.82, 2.24) is 5.32 Å². The molecule has 0 fully saturated rings. The molecule has 0 bridgehead atoms. The van der Waals surface area contributed by atoms with Crippen molar-refractivity contribution in [2.45, 2.75) is 32.9 Å². The zero-order valence-corrected chi connectivity index (χ0v) is 15.9. The van der Waals surface area contributed by atoms with Crippen molar-refractivity contribution in [3.8, 4) is 16.2 Å². The zero-order valence-electron chi connectivity index (χ0n) is 14.2. The molecule has 132 valence electrons. The van der Waals surface area contributed by atoms with E-state index in [0.29, 0.717) is 18.9 Å². The number of halogens is 1. The summed E-state index contributed by atoms with van der Waals surface area (Å²) >= 11 is 1.67. The van der Waals surface area contributed by atoms with Crippen LogP contribution in [-0.4, -0.2) is 19.1 Å². The summed E-state index contributed by atoms with van der Waals surface area (Å²) in [7, 11) is 1.66. The lowest BCUT2D eigenvalue weighted by Gasteiger charge is -2.13. The number of amides is 1. The fraction of sp³-hybridized carbons (Fsp3) is 0.389. The molecule has 3 N–H and O–H groups in total. The highest BCUT2D eigenvalue weighted by Crippen LogP contribution is 2.29. The maximum atomic E-state index is 12.0. The Balaban J connectivity index is 0.00000288.